The van der Waals surface area contributed by atoms with E-state index in [9.17, 15) is 0 Å². The zero-order chi connectivity index (χ0) is 9.68. The van der Waals surface area contributed by atoms with Crippen molar-refractivity contribution in [1.82, 2.24) is 9.97 Å². The van der Waals surface area contributed by atoms with Crippen molar-refractivity contribution in [1.29, 1.82) is 0 Å². The first-order valence-electron chi connectivity index (χ1n) is 4.30. The molecule has 0 saturated carbocycles. The van der Waals surface area contributed by atoms with Crippen molar-refractivity contribution in [3.8, 4) is 0 Å². The van der Waals surface area contributed by atoms with Gasteiger partial charge in [-0.1, -0.05) is 18.5 Å². The van der Waals surface area contributed by atoms with E-state index >= 15 is 0 Å². The highest BCUT2D eigenvalue weighted by molar-refractivity contribution is 7.98. The summed E-state index contributed by atoms with van der Waals surface area (Å²) in [5, 5.41) is 0.541. The third-order valence-electron chi connectivity index (χ3n) is 1.45. The Morgan fingerprint density at radius 1 is 1.46 bits per heavy atom. The Bertz CT molecular complexity index is 258. The van der Waals surface area contributed by atoms with Crippen molar-refractivity contribution in [3.05, 3.63) is 22.7 Å². The van der Waals surface area contributed by atoms with E-state index in [1.54, 1.807) is 6.07 Å². The van der Waals surface area contributed by atoms with E-state index in [0.717, 1.165) is 23.0 Å². The van der Waals surface area contributed by atoms with Crippen LogP contribution in [0, 0.1) is 6.92 Å². The van der Waals surface area contributed by atoms with Crippen LogP contribution in [0.3, 0.4) is 0 Å². The second-order valence-corrected chi connectivity index (χ2v) is 4.29. The van der Waals surface area contributed by atoms with Crippen molar-refractivity contribution in [3.63, 3.8) is 0 Å². The highest BCUT2D eigenvalue weighted by atomic mass is 35.5. The molecule has 0 atom stereocenters. The highest BCUT2D eigenvalue weighted by Gasteiger charge is 1.99. The fourth-order valence-electron chi connectivity index (χ4n) is 0.961. The van der Waals surface area contributed by atoms with Crippen LogP contribution in [0.1, 0.15) is 24.9 Å². The van der Waals surface area contributed by atoms with Gasteiger partial charge in [0.15, 0.2) is 0 Å². The van der Waals surface area contributed by atoms with Gasteiger partial charge in [0.25, 0.3) is 0 Å². The molecule has 0 aliphatic heterocycles. The molecule has 0 spiro atoms. The lowest BCUT2D eigenvalue weighted by atomic mass is 10.4. The molecule has 0 saturated heterocycles. The van der Waals surface area contributed by atoms with Crippen LogP contribution in [0.25, 0.3) is 0 Å². The molecule has 0 aliphatic carbocycles. The molecule has 1 aromatic heterocycles. The van der Waals surface area contributed by atoms with Crippen LogP contribution < -0.4 is 0 Å². The second kappa shape index (κ2) is 5.45. The summed E-state index contributed by atoms with van der Waals surface area (Å²) in [6, 6.07) is 1.77. The van der Waals surface area contributed by atoms with Crippen LogP contribution in [0.15, 0.2) is 6.07 Å². The maximum absolute atomic E-state index is 5.80. The van der Waals surface area contributed by atoms with Gasteiger partial charge in [0.2, 0.25) is 0 Å². The summed E-state index contributed by atoms with van der Waals surface area (Å²) in [4.78, 5) is 8.43. The second-order valence-electron chi connectivity index (χ2n) is 2.80. The van der Waals surface area contributed by atoms with Crippen LogP contribution >= 0.6 is 23.4 Å². The first-order valence-corrected chi connectivity index (χ1v) is 5.83. The zero-order valence-electron chi connectivity index (χ0n) is 7.88. The molecule has 0 radical (unpaired) electrons. The van der Waals surface area contributed by atoms with Gasteiger partial charge in [-0.3, -0.25) is 0 Å². The molecule has 0 aliphatic rings. The summed E-state index contributed by atoms with van der Waals surface area (Å²) >= 11 is 7.64. The minimum atomic E-state index is 0.541. The Kier molecular flexibility index (Phi) is 4.53. The SMILES string of the molecule is CCCSCc1nc(C)cc(Cl)n1. The molecule has 0 amide bonds. The van der Waals surface area contributed by atoms with Crippen LogP contribution in [-0.2, 0) is 5.75 Å². The number of hydrogen-bond donors (Lipinski definition) is 0. The number of rotatable bonds is 4. The van der Waals surface area contributed by atoms with Crippen LogP contribution in [0.4, 0.5) is 0 Å². The van der Waals surface area contributed by atoms with E-state index in [1.807, 2.05) is 18.7 Å². The summed E-state index contributed by atoms with van der Waals surface area (Å²) in [7, 11) is 0. The Balaban J connectivity index is 2.56. The molecule has 13 heavy (non-hydrogen) atoms. The molecule has 0 fully saturated rings. The molecule has 0 bridgehead atoms. The Morgan fingerprint density at radius 2 is 2.23 bits per heavy atom. The van der Waals surface area contributed by atoms with Gasteiger partial charge in [0, 0.05) is 5.69 Å². The molecule has 0 N–H and O–H groups in total. The molecule has 4 heteroatoms. The van der Waals surface area contributed by atoms with Crippen molar-refractivity contribution in [2.75, 3.05) is 5.75 Å². The summed E-state index contributed by atoms with van der Waals surface area (Å²) in [6.07, 6.45) is 1.18. The summed E-state index contributed by atoms with van der Waals surface area (Å²) in [5.74, 6) is 2.84. The van der Waals surface area contributed by atoms with Gasteiger partial charge >= 0.3 is 0 Å². The molecule has 72 valence electrons. The predicted octanol–water partition coefficient (Wildman–Crippen LogP) is 3.08. The quantitative estimate of drug-likeness (QED) is 0.572. The van der Waals surface area contributed by atoms with E-state index in [-0.39, 0.29) is 0 Å². The fraction of sp³-hybridized carbons (Fsp3) is 0.556. The minimum absolute atomic E-state index is 0.541. The lowest BCUT2D eigenvalue weighted by Crippen LogP contribution is -1.95. The predicted molar refractivity (Wildman–Crippen MR) is 58.2 cm³/mol. The van der Waals surface area contributed by atoms with Gasteiger partial charge in [-0.15, -0.1) is 0 Å². The third kappa shape index (κ3) is 3.96. The molecule has 2 nitrogen and oxygen atoms in total. The average molecular weight is 217 g/mol. The third-order valence-corrected chi connectivity index (χ3v) is 2.80. The summed E-state index contributed by atoms with van der Waals surface area (Å²) in [6.45, 7) is 4.10. The lowest BCUT2D eigenvalue weighted by molar-refractivity contribution is 0.993. The Labute approximate surface area is 88.1 Å². The molecule has 0 unspecified atom stereocenters. The van der Waals surface area contributed by atoms with E-state index in [2.05, 4.69) is 16.9 Å². The number of halogens is 1. The molecule has 1 rings (SSSR count). The van der Waals surface area contributed by atoms with Crippen LogP contribution in [0.5, 0.6) is 0 Å². The first-order chi connectivity index (χ1) is 6.22. The number of thioether (sulfide) groups is 1. The first kappa shape index (κ1) is 10.8. The lowest BCUT2D eigenvalue weighted by Gasteiger charge is -2.00. The van der Waals surface area contributed by atoms with Gasteiger partial charge in [-0.2, -0.15) is 11.8 Å². The van der Waals surface area contributed by atoms with Gasteiger partial charge < -0.3 is 0 Å². The Hall–Kier alpha value is -0.280. The van der Waals surface area contributed by atoms with Gasteiger partial charge in [-0.25, -0.2) is 9.97 Å². The molecular weight excluding hydrogens is 204 g/mol. The van der Waals surface area contributed by atoms with Crippen molar-refractivity contribution in [2.24, 2.45) is 0 Å². The normalized spacial score (nSPS) is 10.4. The summed E-state index contributed by atoms with van der Waals surface area (Å²) < 4.78 is 0. The van der Waals surface area contributed by atoms with Crippen molar-refractivity contribution in [2.45, 2.75) is 26.0 Å². The minimum Gasteiger partial charge on any atom is -0.237 e. The maximum Gasteiger partial charge on any atom is 0.140 e. The number of aromatic nitrogens is 2. The van der Waals surface area contributed by atoms with Gasteiger partial charge in [0.1, 0.15) is 11.0 Å². The van der Waals surface area contributed by atoms with E-state index in [4.69, 9.17) is 11.6 Å². The van der Waals surface area contributed by atoms with Gasteiger partial charge in [0.05, 0.1) is 5.75 Å². The highest BCUT2D eigenvalue weighted by Crippen LogP contribution is 2.12. The standard InChI is InChI=1S/C9H13ClN2S/c1-3-4-13-6-9-11-7(2)5-8(10)12-9/h5H,3-4,6H2,1-2H3. The van der Waals surface area contributed by atoms with Crippen molar-refractivity contribution >= 4 is 23.4 Å². The van der Waals surface area contributed by atoms with E-state index in [0.29, 0.717) is 5.15 Å². The maximum atomic E-state index is 5.80. The monoisotopic (exact) mass is 216 g/mol. The van der Waals surface area contributed by atoms with Crippen LogP contribution in [-0.4, -0.2) is 15.7 Å². The van der Waals surface area contributed by atoms with E-state index < -0.39 is 0 Å². The number of nitrogens with zero attached hydrogens (tertiary/aromatic N) is 2. The number of hydrogen-bond acceptors (Lipinski definition) is 3. The summed E-state index contributed by atoms with van der Waals surface area (Å²) in [5.41, 5.74) is 0.937. The average Bonchev–Trinajstić information content (AvgIpc) is 2.03. The topological polar surface area (TPSA) is 25.8 Å². The van der Waals surface area contributed by atoms with E-state index in [1.165, 1.54) is 6.42 Å². The van der Waals surface area contributed by atoms with Gasteiger partial charge in [-0.05, 0) is 25.2 Å². The Morgan fingerprint density at radius 3 is 2.85 bits per heavy atom. The van der Waals surface area contributed by atoms with Crippen LogP contribution in [0.2, 0.25) is 5.15 Å². The fourth-order valence-corrected chi connectivity index (χ4v) is 1.96. The molecule has 1 heterocycles. The molecule has 1 aromatic rings. The molecular formula is C9H13ClN2S. The smallest absolute Gasteiger partial charge is 0.140 e. The molecule has 0 aromatic carbocycles. The largest absolute Gasteiger partial charge is 0.237 e. The van der Waals surface area contributed by atoms with Crippen molar-refractivity contribution < 1.29 is 0 Å². The number of aryl methyl sites for hydroxylation is 1. The zero-order valence-corrected chi connectivity index (χ0v) is 9.45.